The second-order valence-corrected chi connectivity index (χ2v) is 12.0. The molecule has 0 radical (unpaired) electrons. The molecule has 5 heteroatoms. The van der Waals surface area contributed by atoms with Crippen molar-refractivity contribution in [3.05, 3.63) is 65.7 Å². The molecule has 3 nitrogen and oxygen atoms in total. The van der Waals surface area contributed by atoms with Crippen LogP contribution < -0.4 is 29.6 Å². The predicted octanol–water partition coefficient (Wildman–Crippen LogP) is 6.90. The molecule has 2 aromatic rings. The van der Waals surface area contributed by atoms with Crippen LogP contribution in [0.4, 0.5) is 0 Å². The molecule has 37 heavy (non-hydrogen) atoms. The van der Waals surface area contributed by atoms with Crippen LogP contribution in [-0.2, 0) is 14.3 Å². The van der Waals surface area contributed by atoms with Gasteiger partial charge >= 0.3 is 29.6 Å². The van der Waals surface area contributed by atoms with Gasteiger partial charge in [-0.1, -0.05) is 140 Å². The predicted molar refractivity (Wildman–Crippen MR) is 154 cm³/mol. The summed E-state index contributed by atoms with van der Waals surface area (Å²) in [7, 11) is -3.78. The van der Waals surface area contributed by atoms with E-state index < -0.39 is 10.1 Å². The van der Waals surface area contributed by atoms with E-state index >= 15 is 0 Å². The van der Waals surface area contributed by atoms with E-state index in [1.165, 1.54) is 76.2 Å². The summed E-state index contributed by atoms with van der Waals surface area (Å²) in [5, 5.41) is 0. The number of hydrogen-bond donors (Lipinski definition) is 0. The Kier molecular flexibility index (Phi) is 18.8. The third-order valence-corrected chi connectivity index (χ3v) is 8.63. The van der Waals surface area contributed by atoms with Gasteiger partial charge in [0, 0.05) is 5.92 Å². The number of hydrogen-bond acceptors (Lipinski definition) is 3. The van der Waals surface area contributed by atoms with Gasteiger partial charge in [0.25, 0.3) is 10.1 Å². The summed E-state index contributed by atoms with van der Waals surface area (Å²) in [5.41, 5.74) is 2.35. The van der Waals surface area contributed by atoms with Crippen LogP contribution in [0.15, 0.2) is 59.5 Å². The zero-order chi connectivity index (χ0) is 26.1. The first-order valence-corrected chi connectivity index (χ1v) is 15.9. The first-order chi connectivity index (χ1) is 17.5. The van der Waals surface area contributed by atoms with Gasteiger partial charge in [-0.25, -0.2) is 0 Å². The minimum atomic E-state index is -3.78. The van der Waals surface area contributed by atoms with Crippen molar-refractivity contribution in [2.75, 3.05) is 6.61 Å². The molecule has 2 atom stereocenters. The topological polar surface area (TPSA) is 43.4 Å². The maximum absolute atomic E-state index is 13.0. The van der Waals surface area contributed by atoms with E-state index in [2.05, 4.69) is 32.9 Å². The van der Waals surface area contributed by atoms with E-state index in [1.54, 1.807) is 12.1 Å². The smallest absolute Gasteiger partial charge is 1.00 e. The van der Waals surface area contributed by atoms with E-state index in [1.807, 2.05) is 30.3 Å². The normalized spacial score (nSPS) is 13.2. The van der Waals surface area contributed by atoms with Crippen LogP contribution in [0.5, 0.6) is 0 Å². The Morgan fingerprint density at radius 3 is 1.76 bits per heavy atom. The van der Waals surface area contributed by atoms with Gasteiger partial charge in [-0.2, -0.15) is 8.42 Å². The molecule has 204 valence electrons. The van der Waals surface area contributed by atoms with Crippen molar-refractivity contribution < 1.29 is 43.6 Å². The van der Waals surface area contributed by atoms with Crippen molar-refractivity contribution in [2.24, 2.45) is 0 Å². The molecular formula is C32H51NaO3S. The summed E-state index contributed by atoms with van der Waals surface area (Å²) in [6.45, 7) is 6.90. The minimum absolute atomic E-state index is 0. The minimum Gasteiger partial charge on any atom is -1.00 e. The summed E-state index contributed by atoms with van der Waals surface area (Å²) >= 11 is 0. The monoisotopic (exact) mass is 538 g/mol. The molecule has 2 rings (SSSR count). The summed E-state index contributed by atoms with van der Waals surface area (Å²) in [5.74, 6) is 0.525. The van der Waals surface area contributed by atoms with Crippen LogP contribution >= 0.6 is 0 Å². The van der Waals surface area contributed by atoms with Crippen LogP contribution in [0.2, 0.25) is 0 Å². The summed E-state index contributed by atoms with van der Waals surface area (Å²) < 4.78 is 31.6. The van der Waals surface area contributed by atoms with Crippen LogP contribution in [0, 0.1) is 0 Å². The second kappa shape index (κ2) is 20.3. The third kappa shape index (κ3) is 13.8. The van der Waals surface area contributed by atoms with Crippen molar-refractivity contribution in [3.8, 4) is 0 Å². The zero-order valence-electron chi connectivity index (χ0n) is 25.1. The Balaban J connectivity index is 0.00000684. The molecule has 0 spiro atoms. The van der Waals surface area contributed by atoms with E-state index in [0.717, 1.165) is 24.8 Å². The Hall–Kier alpha value is -0.650. The fourth-order valence-electron chi connectivity index (χ4n) is 4.84. The maximum atomic E-state index is 13.0. The van der Waals surface area contributed by atoms with E-state index in [-0.39, 0.29) is 48.4 Å². The summed E-state index contributed by atoms with van der Waals surface area (Å²) in [6.07, 6.45) is 17.2. The molecule has 0 aliphatic rings. The van der Waals surface area contributed by atoms with Crippen LogP contribution in [-0.4, -0.2) is 15.0 Å². The summed E-state index contributed by atoms with van der Waals surface area (Å²) in [4.78, 5) is 0.254. The molecule has 2 aromatic carbocycles. The average molecular weight is 539 g/mol. The van der Waals surface area contributed by atoms with Gasteiger partial charge in [0.05, 0.1) is 11.5 Å². The average Bonchev–Trinajstić information content (AvgIpc) is 2.90. The van der Waals surface area contributed by atoms with E-state index in [4.69, 9.17) is 4.18 Å². The third-order valence-electron chi connectivity index (χ3n) is 7.33. The molecule has 0 saturated heterocycles. The quantitative estimate of drug-likeness (QED) is 0.105. The Bertz CT molecular complexity index is 919. The van der Waals surface area contributed by atoms with Crippen molar-refractivity contribution >= 4 is 10.1 Å². The van der Waals surface area contributed by atoms with Gasteiger partial charge in [-0.15, -0.1) is 0 Å². The number of benzene rings is 2. The first kappa shape index (κ1) is 34.4. The van der Waals surface area contributed by atoms with Gasteiger partial charge < -0.3 is 1.43 Å². The molecule has 0 aromatic heterocycles. The van der Waals surface area contributed by atoms with Gasteiger partial charge in [-0.3, -0.25) is 4.18 Å². The maximum Gasteiger partial charge on any atom is 1.00 e. The number of rotatable bonds is 20. The van der Waals surface area contributed by atoms with Crippen molar-refractivity contribution in [1.29, 1.82) is 0 Å². The zero-order valence-corrected chi connectivity index (χ0v) is 26.9. The van der Waals surface area contributed by atoms with Gasteiger partial charge in [0.1, 0.15) is 0 Å². The fourth-order valence-corrected chi connectivity index (χ4v) is 5.79. The second-order valence-electron chi connectivity index (χ2n) is 10.4. The van der Waals surface area contributed by atoms with E-state index in [9.17, 15) is 8.42 Å². The van der Waals surface area contributed by atoms with Gasteiger partial charge in [0.2, 0.25) is 0 Å². The number of unbranched alkanes of at least 4 members (excludes halogenated alkanes) is 10. The SMILES string of the molecule is CCCCCCCCC(C)c1ccc(S(=O)(=O)OCC(CCCCCCCC)c2ccccc2)cc1.[H-].[Na+]. The Labute approximate surface area is 252 Å². The van der Waals surface area contributed by atoms with Crippen LogP contribution in [0.25, 0.3) is 0 Å². The van der Waals surface area contributed by atoms with Gasteiger partial charge in [0.15, 0.2) is 0 Å². The van der Waals surface area contributed by atoms with Crippen LogP contribution in [0.1, 0.15) is 135 Å². The van der Waals surface area contributed by atoms with Crippen LogP contribution in [0.3, 0.4) is 0 Å². The molecule has 0 N–H and O–H groups in total. The summed E-state index contributed by atoms with van der Waals surface area (Å²) in [6, 6.07) is 17.5. The van der Waals surface area contributed by atoms with Gasteiger partial charge in [-0.05, 0) is 42.0 Å². The van der Waals surface area contributed by atoms with E-state index in [0.29, 0.717) is 5.92 Å². The molecule has 0 aliphatic heterocycles. The molecule has 0 amide bonds. The van der Waals surface area contributed by atoms with Crippen molar-refractivity contribution in [2.45, 2.75) is 127 Å². The standard InChI is InChI=1S/C32H50O3S.Na.H/c1-4-6-8-10-12-15-19-28(3)29-23-25-32(26-24-29)36(33,34)35-27-31(30-20-17-14-18-21-30)22-16-13-11-9-7-5-2;;/h14,17-18,20-21,23-26,28,31H,4-13,15-16,19,22,27H2,1-3H3;;/q;+1;-1. The molecule has 2 unspecified atom stereocenters. The molecular weight excluding hydrogens is 487 g/mol. The molecule has 0 bridgehead atoms. The Morgan fingerprint density at radius 2 is 1.19 bits per heavy atom. The Morgan fingerprint density at radius 1 is 0.676 bits per heavy atom. The van der Waals surface area contributed by atoms with Crippen molar-refractivity contribution in [3.63, 3.8) is 0 Å². The van der Waals surface area contributed by atoms with Crippen molar-refractivity contribution in [1.82, 2.24) is 0 Å². The first-order valence-electron chi connectivity index (χ1n) is 14.5. The fraction of sp³-hybridized carbons (Fsp3) is 0.625. The molecule has 0 aliphatic carbocycles. The molecule has 0 saturated carbocycles. The molecule has 0 fully saturated rings. The molecule has 0 heterocycles. The largest absolute Gasteiger partial charge is 1.00 e.